The van der Waals surface area contributed by atoms with Crippen LogP contribution in [0.25, 0.3) is 0 Å². The van der Waals surface area contributed by atoms with Crippen molar-refractivity contribution in [3.63, 3.8) is 0 Å². The Morgan fingerprint density at radius 3 is 2.71 bits per heavy atom. The number of benzene rings is 1. The van der Waals surface area contributed by atoms with Crippen molar-refractivity contribution >= 4 is 23.2 Å². The lowest BCUT2D eigenvalue weighted by Crippen LogP contribution is -2.32. The van der Waals surface area contributed by atoms with Crippen LogP contribution in [0.3, 0.4) is 0 Å². The van der Waals surface area contributed by atoms with Gasteiger partial charge in [0.1, 0.15) is 10.8 Å². The average Bonchev–Trinajstić information content (AvgIpc) is 2.24. The zero-order valence-electron chi connectivity index (χ0n) is 9.05. The van der Waals surface area contributed by atoms with E-state index in [9.17, 15) is 14.9 Å². The van der Waals surface area contributed by atoms with Gasteiger partial charge in [0.2, 0.25) is 0 Å². The van der Waals surface area contributed by atoms with Crippen molar-refractivity contribution < 1.29 is 14.5 Å². The van der Waals surface area contributed by atoms with Crippen LogP contribution in [0.2, 0.25) is 5.02 Å². The highest BCUT2D eigenvalue weighted by molar-refractivity contribution is 6.32. The fourth-order valence-corrected chi connectivity index (χ4v) is 1.46. The lowest BCUT2D eigenvalue weighted by molar-refractivity contribution is -0.384. The number of nitro groups is 1. The summed E-state index contributed by atoms with van der Waals surface area (Å²) in [5.74, 6) is -0.326. The molecule has 0 spiro atoms. The quantitative estimate of drug-likeness (QED) is 0.644. The molecule has 0 aliphatic rings. The Kier molecular flexibility index (Phi) is 4.28. The van der Waals surface area contributed by atoms with Gasteiger partial charge < -0.3 is 10.5 Å². The van der Waals surface area contributed by atoms with Gasteiger partial charge in [0.15, 0.2) is 6.10 Å². The number of primary amides is 1. The third kappa shape index (κ3) is 3.32. The normalized spacial score (nSPS) is 11.9. The third-order valence-corrected chi connectivity index (χ3v) is 2.39. The van der Waals surface area contributed by atoms with Crippen LogP contribution in [0.15, 0.2) is 18.2 Å². The molecule has 1 amide bonds. The van der Waals surface area contributed by atoms with Crippen LogP contribution in [-0.4, -0.2) is 16.9 Å². The molecule has 0 heterocycles. The monoisotopic (exact) mass is 258 g/mol. The number of halogens is 1. The molecule has 1 rings (SSSR count). The molecule has 0 fully saturated rings. The van der Waals surface area contributed by atoms with E-state index in [0.717, 1.165) is 0 Å². The van der Waals surface area contributed by atoms with Crippen LogP contribution in [0, 0.1) is 10.1 Å². The Hall–Kier alpha value is -1.82. The van der Waals surface area contributed by atoms with E-state index in [2.05, 4.69) is 0 Å². The first-order valence-corrected chi connectivity index (χ1v) is 5.23. The molecule has 1 atom stereocenters. The lowest BCUT2D eigenvalue weighted by atomic mass is 10.2. The van der Waals surface area contributed by atoms with Crippen molar-refractivity contribution in [1.82, 2.24) is 0 Å². The minimum absolute atomic E-state index is 0.0492. The first-order valence-electron chi connectivity index (χ1n) is 4.85. The molecule has 1 unspecified atom stereocenters. The van der Waals surface area contributed by atoms with Crippen molar-refractivity contribution in [1.29, 1.82) is 0 Å². The minimum atomic E-state index is -0.771. The number of nitrogens with two attached hydrogens (primary N) is 1. The zero-order valence-corrected chi connectivity index (χ0v) is 9.81. The highest BCUT2D eigenvalue weighted by atomic mass is 35.5. The number of rotatable bonds is 5. The Morgan fingerprint density at radius 2 is 2.29 bits per heavy atom. The van der Waals surface area contributed by atoms with Gasteiger partial charge in [-0.3, -0.25) is 14.9 Å². The Bertz CT molecular complexity index is 450. The van der Waals surface area contributed by atoms with Crippen LogP contribution in [0.1, 0.15) is 13.3 Å². The summed E-state index contributed by atoms with van der Waals surface area (Å²) in [5.41, 5.74) is 4.89. The Morgan fingerprint density at radius 1 is 1.65 bits per heavy atom. The number of nitro benzene ring substituents is 1. The fraction of sp³-hybridized carbons (Fsp3) is 0.300. The summed E-state index contributed by atoms with van der Waals surface area (Å²) in [6.45, 7) is 1.74. The second-order valence-electron chi connectivity index (χ2n) is 3.29. The first-order chi connectivity index (χ1) is 7.95. The molecule has 1 aromatic carbocycles. The molecule has 7 heteroatoms. The molecule has 2 N–H and O–H groups in total. The topological polar surface area (TPSA) is 95.5 Å². The molecule has 0 radical (unpaired) electrons. The first kappa shape index (κ1) is 13.2. The highest BCUT2D eigenvalue weighted by Crippen LogP contribution is 2.28. The molecule has 6 nitrogen and oxygen atoms in total. The molecule has 0 aliphatic carbocycles. The van der Waals surface area contributed by atoms with Gasteiger partial charge in [0.25, 0.3) is 11.6 Å². The van der Waals surface area contributed by atoms with E-state index in [4.69, 9.17) is 22.1 Å². The predicted octanol–water partition coefficient (Wildman–Crippen LogP) is 1.89. The average molecular weight is 259 g/mol. The number of ether oxygens (including phenoxy) is 1. The molecule has 0 saturated carbocycles. The van der Waals surface area contributed by atoms with Gasteiger partial charge in [-0.05, 0) is 12.5 Å². The maximum Gasteiger partial charge on any atom is 0.288 e. The Balaban J connectivity index is 2.90. The smallest absolute Gasteiger partial charge is 0.288 e. The van der Waals surface area contributed by atoms with Crippen molar-refractivity contribution in [2.24, 2.45) is 5.73 Å². The third-order valence-electron chi connectivity index (χ3n) is 2.08. The maximum atomic E-state index is 11.0. The molecule has 0 aromatic heterocycles. The summed E-state index contributed by atoms with van der Waals surface area (Å²) in [6, 6.07) is 3.87. The minimum Gasteiger partial charge on any atom is -0.481 e. The van der Waals surface area contributed by atoms with E-state index in [1.807, 2.05) is 0 Å². The van der Waals surface area contributed by atoms with Crippen LogP contribution in [0.4, 0.5) is 5.69 Å². The van der Waals surface area contributed by atoms with E-state index in [0.29, 0.717) is 6.42 Å². The van der Waals surface area contributed by atoms with Gasteiger partial charge in [0, 0.05) is 12.1 Å². The van der Waals surface area contributed by atoms with Crippen molar-refractivity contribution in [3.8, 4) is 5.75 Å². The number of carbonyl (C=O) groups excluding carboxylic acids is 1. The molecular weight excluding hydrogens is 248 g/mol. The summed E-state index contributed by atoms with van der Waals surface area (Å²) >= 11 is 5.69. The summed E-state index contributed by atoms with van der Waals surface area (Å²) in [7, 11) is 0. The van der Waals surface area contributed by atoms with Gasteiger partial charge in [-0.1, -0.05) is 18.5 Å². The summed E-state index contributed by atoms with van der Waals surface area (Å²) in [4.78, 5) is 20.9. The fourth-order valence-electron chi connectivity index (χ4n) is 1.22. The molecule has 0 aliphatic heterocycles. The standard InChI is InChI=1S/C10H11ClN2O4/c1-2-9(10(12)14)17-6-3-4-8(13(15)16)7(11)5-6/h3-5,9H,2H2,1H3,(H2,12,14). The number of amides is 1. The molecular formula is C10H11ClN2O4. The number of hydrogen-bond donors (Lipinski definition) is 1. The Labute approximate surface area is 102 Å². The second-order valence-corrected chi connectivity index (χ2v) is 3.69. The summed E-state index contributed by atoms with van der Waals surface area (Å²) in [6.07, 6.45) is -0.364. The van der Waals surface area contributed by atoms with Crippen molar-refractivity contribution in [2.75, 3.05) is 0 Å². The zero-order chi connectivity index (χ0) is 13.0. The van der Waals surface area contributed by atoms with E-state index in [1.54, 1.807) is 6.92 Å². The summed E-state index contributed by atoms with van der Waals surface area (Å²) in [5, 5.41) is 10.5. The van der Waals surface area contributed by atoms with Gasteiger partial charge in [-0.25, -0.2) is 0 Å². The lowest BCUT2D eigenvalue weighted by Gasteiger charge is -2.13. The van der Waals surface area contributed by atoms with Crippen LogP contribution < -0.4 is 10.5 Å². The maximum absolute atomic E-state index is 11.0. The summed E-state index contributed by atoms with van der Waals surface area (Å²) < 4.78 is 5.26. The van der Waals surface area contributed by atoms with Crippen LogP contribution in [-0.2, 0) is 4.79 Å². The van der Waals surface area contributed by atoms with E-state index in [1.165, 1.54) is 18.2 Å². The number of hydrogen-bond acceptors (Lipinski definition) is 4. The van der Waals surface area contributed by atoms with Gasteiger partial charge in [-0.2, -0.15) is 0 Å². The van der Waals surface area contributed by atoms with E-state index < -0.39 is 16.9 Å². The van der Waals surface area contributed by atoms with Crippen LogP contribution >= 0.6 is 11.6 Å². The second kappa shape index (κ2) is 5.49. The number of carbonyl (C=O) groups is 1. The van der Waals surface area contributed by atoms with E-state index in [-0.39, 0.29) is 16.5 Å². The SMILES string of the molecule is CCC(Oc1ccc([N+](=O)[O-])c(Cl)c1)C(N)=O. The van der Waals surface area contributed by atoms with Crippen molar-refractivity contribution in [2.45, 2.75) is 19.4 Å². The molecule has 92 valence electrons. The highest BCUT2D eigenvalue weighted by Gasteiger charge is 2.17. The van der Waals surface area contributed by atoms with Crippen LogP contribution in [0.5, 0.6) is 5.75 Å². The molecule has 17 heavy (non-hydrogen) atoms. The molecule has 0 bridgehead atoms. The molecule has 1 aromatic rings. The van der Waals surface area contributed by atoms with E-state index >= 15 is 0 Å². The van der Waals surface area contributed by atoms with Crippen molar-refractivity contribution in [3.05, 3.63) is 33.3 Å². The van der Waals surface area contributed by atoms with Gasteiger partial charge in [-0.15, -0.1) is 0 Å². The predicted molar refractivity (Wildman–Crippen MR) is 62.0 cm³/mol. The number of nitrogens with zero attached hydrogens (tertiary/aromatic N) is 1. The van der Waals surface area contributed by atoms with Gasteiger partial charge in [0.05, 0.1) is 4.92 Å². The molecule has 0 saturated heterocycles. The van der Waals surface area contributed by atoms with Gasteiger partial charge >= 0.3 is 0 Å². The largest absolute Gasteiger partial charge is 0.481 e.